The van der Waals surface area contributed by atoms with Crippen molar-refractivity contribution in [1.29, 1.82) is 0 Å². The van der Waals surface area contributed by atoms with Gasteiger partial charge in [-0.15, -0.1) is 0 Å². The first-order valence-electron chi connectivity index (χ1n) is 5.70. The van der Waals surface area contributed by atoms with Gasteiger partial charge in [-0.05, 0) is 24.6 Å². The highest BCUT2D eigenvalue weighted by Gasteiger charge is 2.17. The van der Waals surface area contributed by atoms with Crippen molar-refractivity contribution >= 4 is 17.3 Å². The van der Waals surface area contributed by atoms with E-state index in [1.54, 1.807) is 23.1 Å². The van der Waals surface area contributed by atoms with E-state index in [0.717, 1.165) is 6.42 Å². The minimum Gasteiger partial charge on any atom is -0.399 e. The number of anilines is 2. The fourth-order valence-electron chi connectivity index (χ4n) is 1.93. The molecular formula is C12H17N3O2. The maximum atomic E-state index is 12.2. The van der Waals surface area contributed by atoms with Gasteiger partial charge in [0.1, 0.15) is 0 Å². The third kappa shape index (κ3) is 2.88. The van der Waals surface area contributed by atoms with Crippen LogP contribution in [0.15, 0.2) is 18.2 Å². The summed E-state index contributed by atoms with van der Waals surface area (Å²) in [7, 11) is 0. The summed E-state index contributed by atoms with van der Waals surface area (Å²) in [6.07, 6.45) is 0.865. The van der Waals surface area contributed by atoms with E-state index in [1.165, 1.54) is 0 Å². The van der Waals surface area contributed by atoms with Crippen LogP contribution in [0.2, 0.25) is 0 Å². The molecular weight excluding hydrogens is 218 g/mol. The Morgan fingerprint density at radius 2 is 1.82 bits per heavy atom. The van der Waals surface area contributed by atoms with Gasteiger partial charge in [0, 0.05) is 36.6 Å². The topological polar surface area (TPSA) is 81.6 Å². The summed E-state index contributed by atoms with van der Waals surface area (Å²) in [5.74, 6) is -0.0329. The van der Waals surface area contributed by atoms with Crippen molar-refractivity contribution in [3.05, 3.63) is 23.8 Å². The molecule has 0 aliphatic carbocycles. The summed E-state index contributed by atoms with van der Waals surface area (Å²) in [5.41, 5.74) is 12.9. The molecule has 17 heavy (non-hydrogen) atoms. The molecule has 4 N–H and O–H groups in total. The average molecular weight is 235 g/mol. The molecule has 1 heterocycles. The predicted octanol–water partition coefficient (Wildman–Crippen LogP) is 0.713. The molecule has 1 saturated heterocycles. The zero-order chi connectivity index (χ0) is 12.3. The Morgan fingerprint density at radius 3 is 2.53 bits per heavy atom. The van der Waals surface area contributed by atoms with Gasteiger partial charge in [0.15, 0.2) is 0 Å². The zero-order valence-electron chi connectivity index (χ0n) is 9.69. The minimum atomic E-state index is -0.0329. The zero-order valence-corrected chi connectivity index (χ0v) is 9.69. The van der Waals surface area contributed by atoms with Crippen molar-refractivity contribution in [2.45, 2.75) is 6.42 Å². The first kappa shape index (κ1) is 11.7. The molecule has 0 unspecified atom stereocenters. The Labute approximate surface area is 100 Å². The number of hydrogen-bond donors (Lipinski definition) is 2. The summed E-state index contributed by atoms with van der Waals surface area (Å²) in [5, 5.41) is 0. The highest BCUT2D eigenvalue weighted by Crippen LogP contribution is 2.16. The lowest BCUT2D eigenvalue weighted by atomic mass is 10.1. The van der Waals surface area contributed by atoms with Crippen LogP contribution >= 0.6 is 0 Å². The third-order valence-corrected chi connectivity index (χ3v) is 2.73. The van der Waals surface area contributed by atoms with Gasteiger partial charge < -0.3 is 21.1 Å². The normalized spacial score (nSPS) is 16.6. The van der Waals surface area contributed by atoms with Crippen molar-refractivity contribution in [2.75, 3.05) is 37.8 Å². The number of carbonyl (C=O) groups is 1. The lowest BCUT2D eigenvalue weighted by Gasteiger charge is -2.19. The smallest absolute Gasteiger partial charge is 0.254 e. The predicted molar refractivity (Wildman–Crippen MR) is 66.6 cm³/mol. The molecule has 0 atom stereocenters. The fourth-order valence-corrected chi connectivity index (χ4v) is 1.93. The van der Waals surface area contributed by atoms with Crippen LogP contribution in [0.4, 0.5) is 11.4 Å². The number of rotatable bonds is 1. The molecule has 0 radical (unpaired) electrons. The monoisotopic (exact) mass is 235 g/mol. The molecule has 1 aromatic rings. The molecule has 5 heteroatoms. The largest absolute Gasteiger partial charge is 0.399 e. The molecule has 0 saturated carbocycles. The lowest BCUT2D eigenvalue weighted by Crippen LogP contribution is -2.33. The number of benzene rings is 1. The van der Waals surface area contributed by atoms with Gasteiger partial charge in [-0.25, -0.2) is 0 Å². The van der Waals surface area contributed by atoms with Crippen molar-refractivity contribution in [3.63, 3.8) is 0 Å². The van der Waals surface area contributed by atoms with Crippen molar-refractivity contribution in [1.82, 2.24) is 4.90 Å². The number of carbonyl (C=O) groups excluding carboxylic acids is 1. The summed E-state index contributed by atoms with van der Waals surface area (Å²) in [6, 6.07) is 4.96. The Morgan fingerprint density at radius 1 is 1.12 bits per heavy atom. The number of nitrogens with zero attached hydrogens (tertiary/aromatic N) is 1. The van der Waals surface area contributed by atoms with Crippen molar-refractivity contribution in [2.24, 2.45) is 0 Å². The van der Waals surface area contributed by atoms with Crippen LogP contribution in [0, 0.1) is 0 Å². The molecule has 0 spiro atoms. The van der Waals surface area contributed by atoms with Gasteiger partial charge in [0.05, 0.1) is 6.61 Å². The molecule has 1 amide bonds. The van der Waals surface area contributed by atoms with Crippen LogP contribution in [0.5, 0.6) is 0 Å². The van der Waals surface area contributed by atoms with Crippen LogP contribution in [0.3, 0.4) is 0 Å². The maximum Gasteiger partial charge on any atom is 0.254 e. The fraction of sp³-hybridized carbons (Fsp3) is 0.417. The van der Waals surface area contributed by atoms with Gasteiger partial charge in [-0.1, -0.05) is 0 Å². The Balaban J connectivity index is 2.17. The van der Waals surface area contributed by atoms with Gasteiger partial charge in [0.2, 0.25) is 0 Å². The van der Waals surface area contributed by atoms with Gasteiger partial charge in [0.25, 0.3) is 5.91 Å². The second-order valence-electron chi connectivity index (χ2n) is 4.15. The number of ether oxygens (including phenoxy) is 1. The quantitative estimate of drug-likeness (QED) is 0.702. The molecule has 1 fully saturated rings. The average Bonchev–Trinajstić information content (AvgIpc) is 2.55. The second kappa shape index (κ2) is 5.05. The first-order chi connectivity index (χ1) is 8.16. The van der Waals surface area contributed by atoms with Crippen LogP contribution in [0.1, 0.15) is 16.8 Å². The van der Waals surface area contributed by atoms with E-state index in [4.69, 9.17) is 16.2 Å². The van der Waals surface area contributed by atoms with E-state index in [2.05, 4.69) is 0 Å². The second-order valence-corrected chi connectivity index (χ2v) is 4.15. The van der Waals surface area contributed by atoms with E-state index in [9.17, 15) is 4.79 Å². The van der Waals surface area contributed by atoms with Crippen LogP contribution in [-0.4, -0.2) is 37.1 Å². The van der Waals surface area contributed by atoms with Gasteiger partial charge in [-0.2, -0.15) is 0 Å². The number of hydrogen-bond acceptors (Lipinski definition) is 4. The number of amides is 1. The first-order valence-corrected chi connectivity index (χ1v) is 5.70. The molecule has 1 aromatic carbocycles. The van der Waals surface area contributed by atoms with E-state index in [-0.39, 0.29) is 5.91 Å². The Bertz CT molecular complexity index is 392. The molecule has 92 valence electrons. The van der Waals surface area contributed by atoms with E-state index in [1.807, 2.05) is 0 Å². The molecule has 1 aliphatic rings. The summed E-state index contributed by atoms with van der Waals surface area (Å²) < 4.78 is 5.31. The maximum absolute atomic E-state index is 12.2. The molecule has 5 nitrogen and oxygen atoms in total. The van der Waals surface area contributed by atoms with E-state index >= 15 is 0 Å². The highest BCUT2D eigenvalue weighted by atomic mass is 16.5. The van der Waals surface area contributed by atoms with Crippen LogP contribution in [0.25, 0.3) is 0 Å². The highest BCUT2D eigenvalue weighted by molar-refractivity contribution is 5.96. The number of nitrogens with two attached hydrogens (primary N) is 2. The summed E-state index contributed by atoms with van der Waals surface area (Å²) in [4.78, 5) is 14.0. The van der Waals surface area contributed by atoms with Crippen LogP contribution in [-0.2, 0) is 4.74 Å². The molecule has 2 rings (SSSR count). The number of nitrogen functional groups attached to an aromatic ring is 2. The van der Waals surface area contributed by atoms with Gasteiger partial charge >= 0.3 is 0 Å². The van der Waals surface area contributed by atoms with Crippen molar-refractivity contribution < 1.29 is 9.53 Å². The summed E-state index contributed by atoms with van der Waals surface area (Å²) in [6.45, 7) is 2.63. The Kier molecular flexibility index (Phi) is 3.49. The third-order valence-electron chi connectivity index (χ3n) is 2.73. The SMILES string of the molecule is Nc1cc(N)cc(C(=O)N2CCCOCC2)c1. The van der Waals surface area contributed by atoms with Crippen molar-refractivity contribution in [3.8, 4) is 0 Å². The summed E-state index contributed by atoms with van der Waals surface area (Å²) >= 11 is 0. The standard InChI is InChI=1S/C12H17N3O2/c13-10-6-9(7-11(14)8-10)12(16)15-2-1-4-17-5-3-15/h6-8H,1-5,13-14H2. The van der Waals surface area contributed by atoms with E-state index < -0.39 is 0 Å². The molecule has 0 aromatic heterocycles. The van der Waals surface area contributed by atoms with Crippen LogP contribution < -0.4 is 11.5 Å². The van der Waals surface area contributed by atoms with Gasteiger partial charge in [-0.3, -0.25) is 4.79 Å². The molecule has 0 bridgehead atoms. The Hall–Kier alpha value is -1.75. The molecule has 1 aliphatic heterocycles. The lowest BCUT2D eigenvalue weighted by molar-refractivity contribution is 0.0741. The minimum absolute atomic E-state index is 0.0329. The van der Waals surface area contributed by atoms with E-state index in [0.29, 0.717) is 43.2 Å².